The molecule has 0 saturated heterocycles. The van der Waals surface area contributed by atoms with E-state index in [1.165, 1.54) is 6.92 Å². The SMILES string of the molecule is CCCCOC(C)=O.CCCOCCC. The predicted molar refractivity (Wildman–Crippen MR) is 62.9 cm³/mol. The molecule has 0 spiro atoms. The van der Waals surface area contributed by atoms with Gasteiger partial charge in [0.2, 0.25) is 0 Å². The standard InChI is InChI=1S/C6H12O2.C6H14O/c1-3-4-5-8-6(2)7;1-3-5-7-6-4-2/h3-5H2,1-2H3;3-6H2,1-2H3. The van der Waals surface area contributed by atoms with Gasteiger partial charge in [0.15, 0.2) is 0 Å². The van der Waals surface area contributed by atoms with E-state index in [2.05, 4.69) is 25.5 Å². The molecule has 0 bridgehead atoms. The van der Waals surface area contributed by atoms with E-state index < -0.39 is 0 Å². The largest absolute Gasteiger partial charge is 0.466 e. The summed E-state index contributed by atoms with van der Waals surface area (Å²) in [6.45, 7) is 10.2. The fourth-order valence-electron chi connectivity index (χ4n) is 0.751. The summed E-state index contributed by atoms with van der Waals surface area (Å²) in [5.41, 5.74) is 0. The van der Waals surface area contributed by atoms with Crippen molar-refractivity contribution < 1.29 is 14.3 Å². The van der Waals surface area contributed by atoms with Crippen molar-refractivity contribution in [1.29, 1.82) is 0 Å². The number of carbonyl (C=O) groups is 1. The monoisotopic (exact) mass is 218 g/mol. The van der Waals surface area contributed by atoms with Crippen LogP contribution in [0.4, 0.5) is 0 Å². The molecular weight excluding hydrogens is 192 g/mol. The average Bonchev–Trinajstić information content (AvgIpc) is 2.20. The zero-order valence-corrected chi connectivity index (χ0v) is 10.7. The average molecular weight is 218 g/mol. The molecule has 0 heterocycles. The van der Waals surface area contributed by atoms with E-state index in [0.717, 1.165) is 38.9 Å². The first kappa shape index (κ1) is 16.8. The summed E-state index contributed by atoms with van der Waals surface area (Å²) in [7, 11) is 0. The first-order valence-electron chi connectivity index (χ1n) is 5.90. The quantitative estimate of drug-likeness (QED) is 0.486. The van der Waals surface area contributed by atoms with Crippen LogP contribution in [-0.4, -0.2) is 25.8 Å². The van der Waals surface area contributed by atoms with E-state index in [0.29, 0.717) is 6.61 Å². The zero-order chi connectivity index (χ0) is 11.9. The molecular formula is C12H26O3. The minimum Gasteiger partial charge on any atom is -0.466 e. The Morgan fingerprint density at radius 2 is 1.47 bits per heavy atom. The number of unbranched alkanes of at least 4 members (excludes halogenated alkanes) is 1. The number of hydrogen-bond donors (Lipinski definition) is 0. The molecule has 0 aromatic heterocycles. The van der Waals surface area contributed by atoms with Crippen molar-refractivity contribution >= 4 is 5.97 Å². The van der Waals surface area contributed by atoms with Gasteiger partial charge in [-0.2, -0.15) is 0 Å². The fraction of sp³-hybridized carbons (Fsp3) is 0.917. The van der Waals surface area contributed by atoms with Gasteiger partial charge in [-0.15, -0.1) is 0 Å². The Morgan fingerprint density at radius 1 is 0.933 bits per heavy atom. The number of esters is 1. The van der Waals surface area contributed by atoms with Gasteiger partial charge in [-0.1, -0.05) is 27.2 Å². The molecule has 0 N–H and O–H groups in total. The van der Waals surface area contributed by atoms with Crippen molar-refractivity contribution in [2.75, 3.05) is 19.8 Å². The third-order valence-electron chi connectivity index (χ3n) is 1.50. The van der Waals surface area contributed by atoms with Gasteiger partial charge in [0.1, 0.15) is 0 Å². The molecule has 0 aliphatic rings. The Morgan fingerprint density at radius 3 is 1.80 bits per heavy atom. The van der Waals surface area contributed by atoms with Crippen molar-refractivity contribution in [2.45, 2.75) is 53.4 Å². The molecule has 0 atom stereocenters. The lowest BCUT2D eigenvalue weighted by Gasteiger charge is -1.96. The van der Waals surface area contributed by atoms with Gasteiger partial charge in [0, 0.05) is 20.1 Å². The second-order valence-electron chi connectivity index (χ2n) is 3.31. The second kappa shape index (κ2) is 15.9. The van der Waals surface area contributed by atoms with E-state index in [1.807, 2.05) is 0 Å². The fourth-order valence-corrected chi connectivity index (χ4v) is 0.751. The first-order valence-corrected chi connectivity index (χ1v) is 5.90. The number of ether oxygens (including phenoxy) is 2. The molecule has 0 rings (SSSR count). The molecule has 15 heavy (non-hydrogen) atoms. The van der Waals surface area contributed by atoms with Gasteiger partial charge in [-0.3, -0.25) is 4.79 Å². The van der Waals surface area contributed by atoms with Crippen LogP contribution >= 0.6 is 0 Å². The van der Waals surface area contributed by atoms with Gasteiger partial charge in [0.05, 0.1) is 6.61 Å². The summed E-state index contributed by atoms with van der Waals surface area (Å²) < 4.78 is 9.78. The Bertz CT molecular complexity index is 120. The van der Waals surface area contributed by atoms with Crippen LogP contribution in [0.2, 0.25) is 0 Å². The summed E-state index contributed by atoms with van der Waals surface area (Å²) >= 11 is 0. The van der Waals surface area contributed by atoms with Crippen LogP contribution in [0.15, 0.2) is 0 Å². The molecule has 0 aromatic carbocycles. The van der Waals surface area contributed by atoms with E-state index >= 15 is 0 Å². The Kier molecular flexibility index (Phi) is 17.8. The van der Waals surface area contributed by atoms with Crippen molar-refractivity contribution in [3.05, 3.63) is 0 Å². The highest BCUT2D eigenvalue weighted by molar-refractivity contribution is 5.65. The first-order chi connectivity index (χ1) is 7.18. The molecule has 0 fully saturated rings. The molecule has 0 amide bonds. The maximum atomic E-state index is 10.1. The summed E-state index contributed by atoms with van der Waals surface area (Å²) in [6, 6.07) is 0. The number of carbonyl (C=O) groups excluding carboxylic acids is 1. The normalized spacial score (nSPS) is 9.07. The lowest BCUT2D eigenvalue weighted by Crippen LogP contribution is -1.99. The molecule has 3 heteroatoms. The van der Waals surface area contributed by atoms with Crippen molar-refractivity contribution in [1.82, 2.24) is 0 Å². The molecule has 0 aromatic rings. The maximum absolute atomic E-state index is 10.1. The highest BCUT2D eigenvalue weighted by atomic mass is 16.5. The Hall–Kier alpha value is -0.570. The third-order valence-corrected chi connectivity index (χ3v) is 1.50. The summed E-state index contributed by atoms with van der Waals surface area (Å²) in [4.78, 5) is 10.1. The smallest absolute Gasteiger partial charge is 0.302 e. The Balaban J connectivity index is 0. The highest BCUT2D eigenvalue weighted by Gasteiger charge is 1.88. The van der Waals surface area contributed by atoms with Crippen LogP contribution in [0.5, 0.6) is 0 Å². The molecule has 0 aliphatic carbocycles. The van der Waals surface area contributed by atoms with Gasteiger partial charge < -0.3 is 9.47 Å². The van der Waals surface area contributed by atoms with Crippen molar-refractivity contribution in [3.63, 3.8) is 0 Å². The third kappa shape index (κ3) is 24.7. The van der Waals surface area contributed by atoms with Gasteiger partial charge in [-0.25, -0.2) is 0 Å². The molecule has 0 unspecified atom stereocenters. The van der Waals surface area contributed by atoms with E-state index in [-0.39, 0.29) is 5.97 Å². The van der Waals surface area contributed by atoms with E-state index in [4.69, 9.17) is 4.74 Å². The van der Waals surface area contributed by atoms with Crippen LogP contribution in [0.1, 0.15) is 53.4 Å². The minimum atomic E-state index is -0.182. The maximum Gasteiger partial charge on any atom is 0.302 e. The lowest BCUT2D eigenvalue weighted by molar-refractivity contribution is -0.141. The Labute approximate surface area is 94.1 Å². The minimum absolute atomic E-state index is 0.182. The van der Waals surface area contributed by atoms with Gasteiger partial charge >= 0.3 is 5.97 Å². The van der Waals surface area contributed by atoms with Crippen LogP contribution in [0, 0.1) is 0 Å². The number of hydrogen-bond acceptors (Lipinski definition) is 3. The van der Waals surface area contributed by atoms with Gasteiger partial charge in [0.25, 0.3) is 0 Å². The second-order valence-corrected chi connectivity index (χ2v) is 3.31. The molecule has 92 valence electrons. The topological polar surface area (TPSA) is 35.5 Å². The zero-order valence-electron chi connectivity index (χ0n) is 10.7. The van der Waals surface area contributed by atoms with Crippen LogP contribution < -0.4 is 0 Å². The lowest BCUT2D eigenvalue weighted by atomic mass is 10.4. The molecule has 0 radical (unpaired) electrons. The van der Waals surface area contributed by atoms with Crippen LogP contribution in [-0.2, 0) is 14.3 Å². The summed E-state index contributed by atoms with van der Waals surface area (Å²) in [5, 5.41) is 0. The predicted octanol–water partition coefficient (Wildman–Crippen LogP) is 3.17. The van der Waals surface area contributed by atoms with Crippen molar-refractivity contribution in [2.24, 2.45) is 0 Å². The number of rotatable bonds is 7. The molecule has 0 aliphatic heterocycles. The van der Waals surface area contributed by atoms with Crippen LogP contribution in [0.25, 0.3) is 0 Å². The summed E-state index contributed by atoms with van der Waals surface area (Å²) in [6.07, 6.45) is 4.33. The van der Waals surface area contributed by atoms with E-state index in [1.54, 1.807) is 0 Å². The summed E-state index contributed by atoms with van der Waals surface area (Å²) in [5.74, 6) is -0.182. The molecule has 0 saturated carbocycles. The van der Waals surface area contributed by atoms with Gasteiger partial charge in [-0.05, 0) is 19.3 Å². The highest BCUT2D eigenvalue weighted by Crippen LogP contribution is 1.86. The molecule has 3 nitrogen and oxygen atoms in total. The van der Waals surface area contributed by atoms with Crippen molar-refractivity contribution in [3.8, 4) is 0 Å². The van der Waals surface area contributed by atoms with Crippen LogP contribution in [0.3, 0.4) is 0 Å². The van der Waals surface area contributed by atoms with E-state index in [9.17, 15) is 4.79 Å².